The number of para-hydroxylation sites is 1. The second kappa shape index (κ2) is 7.25. The van der Waals surface area contributed by atoms with Gasteiger partial charge in [-0.25, -0.2) is 8.42 Å². The molecule has 1 aliphatic heterocycles. The van der Waals surface area contributed by atoms with Gasteiger partial charge in [-0.3, -0.25) is 9.10 Å². The molecule has 7 heteroatoms. The Kier molecular flexibility index (Phi) is 5.06. The van der Waals surface area contributed by atoms with Crippen LogP contribution in [0.5, 0.6) is 0 Å². The molecule has 0 aliphatic carbocycles. The molecule has 0 saturated carbocycles. The van der Waals surface area contributed by atoms with Crippen molar-refractivity contribution >= 4 is 21.6 Å². The molecule has 0 spiro atoms. The number of rotatable bonds is 6. The van der Waals surface area contributed by atoms with E-state index in [1.165, 1.54) is 28.6 Å². The zero-order chi connectivity index (χ0) is 17.9. The van der Waals surface area contributed by atoms with Gasteiger partial charge in [-0.05, 0) is 42.3 Å². The smallest absolute Gasteiger partial charge is 0.264 e. The van der Waals surface area contributed by atoms with Crippen molar-refractivity contribution in [2.75, 3.05) is 31.1 Å². The van der Waals surface area contributed by atoms with Crippen LogP contribution >= 0.6 is 0 Å². The first-order chi connectivity index (χ1) is 12.0. The average Bonchev–Trinajstić information content (AvgIpc) is 3.07. The molecule has 1 aliphatic rings. The number of nitrogens with zero attached hydrogens (tertiary/aromatic N) is 1. The number of nitrogens with one attached hydrogen (secondary N) is 1. The van der Waals surface area contributed by atoms with E-state index < -0.39 is 10.0 Å². The van der Waals surface area contributed by atoms with Gasteiger partial charge in [0.25, 0.3) is 15.9 Å². The number of methoxy groups -OCH3 is 1. The Bertz CT molecular complexity index is 863. The topological polar surface area (TPSA) is 75.7 Å². The predicted octanol–water partition coefficient (Wildman–Crippen LogP) is 1.81. The molecule has 0 atom stereocenters. The van der Waals surface area contributed by atoms with Gasteiger partial charge in [-0.1, -0.05) is 18.2 Å². The van der Waals surface area contributed by atoms with E-state index in [-0.39, 0.29) is 10.8 Å². The van der Waals surface area contributed by atoms with Crippen LogP contribution in [0.2, 0.25) is 0 Å². The summed E-state index contributed by atoms with van der Waals surface area (Å²) in [4.78, 5) is 12.2. The summed E-state index contributed by atoms with van der Waals surface area (Å²) in [5.41, 5.74) is 2.17. The lowest BCUT2D eigenvalue weighted by atomic mass is 10.2. The standard InChI is InChI=1S/C18H20N2O4S/c1-24-13-11-19-18(21)15-6-8-16(9-7-15)25(22,23)20-12-10-14-4-2-3-5-17(14)20/h2-9H,10-13H2,1H3,(H,19,21). The normalized spacial score (nSPS) is 13.6. The lowest BCUT2D eigenvalue weighted by Crippen LogP contribution is -2.29. The van der Waals surface area contributed by atoms with Gasteiger partial charge in [0.2, 0.25) is 0 Å². The molecule has 1 heterocycles. The van der Waals surface area contributed by atoms with E-state index in [4.69, 9.17) is 4.74 Å². The van der Waals surface area contributed by atoms with Crippen LogP contribution in [0, 0.1) is 0 Å². The average molecular weight is 360 g/mol. The second-order valence-electron chi connectivity index (χ2n) is 5.73. The Morgan fingerprint density at radius 3 is 2.60 bits per heavy atom. The highest BCUT2D eigenvalue weighted by Gasteiger charge is 2.30. The molecule has 0 saturated heterocycles. The quantitative estimate of drug-likeness (QED) is 0.797. The van der Waals surface area contributed by atoms with Gasteiger partial charge in [-0.15, -0.1) is 0 Å². The Morgan fingerprint density at radius 2 is 1.88 bits per heavy atom. The molecule has 6 nitrogen and oxygen atoms in total. The molecule has 0 radical (unpaired) electrons. The van der Waals surface area contributed by atoms with Crippen LogP contribution in [-0.4, -0.2) is 41.1 Å². The molecule has 3 rings (SSSR count). The monoisotopic (exact) mass is 360 g/mol. The summed E-state index contributed by atoms with van der Waals surface area (Å²) in [7, 11) is -2.08. The highest BCUT2D eigenvalue weighted by Crippen LogP contribution is 2.32. The van der Waals surface area contributed by atoms with E-state index in [0.717, 1.165) is 11.3 Å². The third kappa shape index (κ3) is 3.52. The van der Waals surface area contributed by atoms with Crippen molar-refractivity contribution in [2.45, 2.75) is 11.3 Å². The second-order valence-corrected chi connectivity index (χ2v) is 7.59. The summed E-state index contributed by atoms with van der Waals surface area (Å²) < 4.78 is 32.1. The molecule has 1 N–H and O–H groups in total. The Hall–Kier alpha value is -2.38. The highest BCUT2D eigenvalue weighted by atomic mass is 32.2. The van der Waals surface area contributed by atoms with E-state index in [9.17, 15) is 13.2 Å². The first-order valence-corrected chi connectivity index (χ1v) is 9.46. The van der Waals surface area contributed by atoms with Crippen LogP contribution in [0.3, 0.4) is 0 Å². The maximum Gasteiger partial charge on any atom is 0.264 e. The van der Waals surface area contributed by atoms with Crippen LogP contribution in [0.1, 0.15) is 15.9 Å². The van der Waals surface area contributed by atoms with Gasteiger partial charge < -0.3 is 10.1 Å². The lowest BCUT2D eigenvalue weighted by molar-refractivity contribution is 0.0937. The molecule has 1 amide bonds. The third-order valence-corrected chi connectivity index (χ3v) is 5.97. The van der Waals surface area contributed by atoms with Crippen molar-refractivity contribution in [3.05, 3.63) is 59.7 Å². The molecule has 0 unspecified atom stereocenters. The van der Waals surface area contributed by atoms with Crippen LogP contribution < -0.4 is 9.62 Å². The number of anilines is 1. The fourth-order valence-electron chi connectivity index (χ4n) is 2.83. The van der Waals surface area contributed by atoms with Crippen LogP contribution in [0.4, 0.5) is 5.69 Å². The van der Waals surface area contributed by atoms with Gasteiger partial charge in [0.1, 0.15) is 0 Å². The van der Waals surface area contributed by atoms with Crippen molar-refractivity contribution in [3.63, 3.8) is 0 Å². The number of carbonyl (C=O) groups is 1. The van der Waals surface area contributed by atoms with Crippen molar-refractivity contribution in [3.8, 4) is 0 Å². The minimum absolute atomic E-state index is 0.178. The fourth-order valence-corrected chi connectivity index (χ4v) is 4.34. The van der Waals surface area contributed by atoms with E-state index in [1.807, 2.05) is 24.3 Å². The van der Waals surface area contributed by atoms with Crippen molar-refractivity contribution in [1.29, 1.82) is 0 Å². The number of fused-ring (bicyclic) bond motifs is 1. The number of benzene rings is 2. The summed E-state index contributed by atoms with van der Waals surface area (Å²) in [6.45, 7) is 1.26. The Morgan fingerprint density at radius 1 is 1.16 bits per heavy atom. The molecule has 0 bridgehead atoms. The van der Waals surface area contributed by atoms with E-state index in [2.05, 4.69) is 5.32 Å². The van der Waals surface area contributed by atoms with Crippen LogP contribution in [0.25, 0.3) is 0 Å². The number of hydrogen-bond acceptors (Lipinski definition) is 4. The summed E-state index contributed by atoms with van der Waals surface area (Å²) in [5, 5.41) is 2.70. The van der Waals surface area contributed by atoms with Gasteiger partial charge in [-0.2, -0.15) is 0 Å². The van der Waals surface area contributed by atoms with Crippen LogP contribution in [0.15, 0.2) is 53.4 Å². The summed E-state index contributed by atoms with van der Waals surface area (Å²) in [6.07, 6.45) is 0.704. The number of ether oxygens (including phenoxy) is 1. The van der Waals surface area contributed by atoms with Crippen molar-refractivity contribution in [1.82, 2.24) is 5.32 Å². The molecular weight excluding hydrogens is 340 g/mol. The zero-order valence-electron chi connectivity index (χ0n) is 13.9. The third-order valence-electron chi connectivity index (χ3n) is 4.14. The van der Waals surface area contributed by atoms with Gasteiger partial charge in [0.05, 0.1) is 17.2 Å². The molecule has 2 aromatic rings. The predicted molar refractivity (Wildman–Crippen MR) is 95.3 cm³/mol. The van der Waals surface area contributed by atoms with E-state index >= 15 is 0 Å². The van der Waals surface area contributed by atoms with Crippen molar-refractivity contribution in [2.24, 2.45) is 0 Å². The van der Waals surface area contributed by atoms with E-state index in [1.54, 1.807) is 7.11 Å². The Labute approximate surface area is 147 Å². The zero-order valence-corrected chi connectivity index (χ0v) is 14.8. The fraction of sp³-hybridized carbons (Fsp3) is 0.278. The largest absolute Gasteiger partial charge is 0.383 e. The summed E-state index contributed by atoms with van der Waals surface area (Å²) in [6, 6.07) is 13.5. The minimum atomic E-state index is -3.63. The first-order valence-electron chi connectivity index (χ1n) is 8.02. The number of carbonyl (C=O) groups excluding carboxylic acids is 1. The molecule has 0 aromatic heterocycles. The van der Waals surface area contributed by atoms with Gasteiger partial charge in [0, 0.05) is 25.8 Å². The summed E-state index contributed by atoms with van der Waals surface area (Å²) in [5.74, 6) is -0.257. The molecule has 132 valence electrons. The molecular formula is C18H20N2O4S. The maximum atomic E-state index is 12.9. The van der Waals surface area contributed by atoms with Gasteiger partial charge in [0.15, 0.2) is 0 Å². The van der Waals surface area contributed by atoms with Crippen LogP contribution in [-0.2, 0) is 21.2 Å². The van der Waals surface area contributed by atoms with E-state index in [0.29, 0.717) is 31.7 Å². The first kappa shape index (κ1) is 17.4. The maximum absolute atomic E-state index is 12.9. The van der Waals surface area contributed by atoms with Gasteiger partial charge >= 0.3 is 0 Å². The molecule has 0 fully saturated rings. The SMILES string of the molecule is COCCNC(=O)c1ccc(S(=O)(=O)N2CCc3ccccc32)cc1. The number of sulfonamides is 1. The molecule has 25 heavy (non-hydrogen) atoms. The number of amides is 1. The lowest BCUT2D eigenvalue weighted by Gasteiger charge is -2.19. The highest BCUT2D eigenvalue weighted by molar-refractivity contribution is 7.92. The minimum Gasteiger partial charge on any atom is -0.383 e. The Balaban J connectivity index is 1.79. The molecule has 2 aromatic carbocycles. The summed E-state index contributed by atoms with van der Waals surface area (Å²) >= 11 is 0. The number of hydrogen-bond donors (Lipinski definition) is 1. The van der Waals surface area contributed by atoms with Crippen molar-refractivity contribution < 1.29 is 17.9 Å².